The zero-order valence-electron chi connectivity index (χ0n) is 13.7. The van der Waals surface area contributed by atoms with Gasteiger partial charge in [0.2, 0.25) is 5.60 Å². The van der Waals surface area contributed by atoms with Crippen LogP contribution in [-0.2, 0) is 21.7 Å². The zero-order chi connectivity index (χ0) is 18.6. The van der Waals surface area contributed by atoms with Crippen molar-refractivity contribution in [1.82, 2.24) is 0 Å². The molecule has 0 aliphatic carbocycles. The summed E-state index contributed by atoms with van der Waals surface area (Å²) in [5.74, 6) is -0.763. The maximum atomic E-state index is 12.9. The summed E-state index contributed by atoms with van der Waals surface area (Å²) in [6, 6.07) is 22.4. The number of carbonyl (C=O) groups is 1. The lowest BCUT2D eigenvalue weighted by Gasteiger charge is -2.27. The van der Waals surface area contributed by atoms with E-state index < -0.39 is 11.6 Å². The normalized spacial score (nSPS) is 11.2. The molecule has 3 rings (SSSR count). The second-order valence-corrected chi connectivity index (χ2v) is 6.58. The van der Waals surface area contributed by atoms with Crippen molar-refractivity contribution in [2.24, 2.45) is 0 Å². The second-order valence-electron chi connectivity index (χ2n) is 5.77. The van der Waals surface area contributed by atoms with Gasteiger partial charge < -0.3 is 9.84 Å². The van der Waals surface area contributed by atoms with Crippen molar-refractivity contribution >= 4 is 29.2 Å². The number of halogens is 2. The third-order valence-corrected chi connectivity index (χ3v) is 4.77. The number of esters is 1. The molecule has 0 spiro atoms. The van der Waals surface area contributed by atoms with Crippen LogP contribution in [0, 0.1) is 0 Å². The predicted molar refractivity (Wildman–Crippen MR) is 102 cm³/mol. The molecule has 0 unspecified atom stereocenters. The molecule has 0 heterocycles. The van der Waals surface area contributed by atoms with Gasteiger partial charge in [-0.05, 0) is 28.8 Å². The zero-order valence-corrected chi connectivity index (χ0v) is 15.2. The lowest BCUT2D eigenvalue weighted by Crippen LogP contribution is -2.38. The number of hydrogen-bond donors (Lipinski definition) is 1. The van der Waals surface area contributed by atoms with E-state index in [2.05, 4.69) is 0 Å². The van der Waals surface area contributed by atoms with E-state index in [0.717, 1.165) is 0 Å². The Morgan fingerprint density at radius 3 is 1.88 bits per heavy atom. The van der Waals surface area contributed by atoms with Crippen LogP contribution in [0.2, 0.25) is 10.0 Å². The van der Waals surface area contributed by atoms with E-state index in [0.29, 0.717) is 26.7 Å². The summed E-state index contributed by atoms with van der Waals surface area (Å²) in [7, 11) is 0. The van der Waals surface area contributed by atoms with Crippen molar-refractivity contribution in [2.75, 3.05) is 0 Å². The quantitative estimate of drug-likeness (QED) is 0.629. The Morgan fingerprint density at radius 1 is 0.846 bits per heavy atom. The van der Waals surface area contributed by atoms with E-state index in [1.165, 1.54) is 0 Å². The molecular formula is C21H16Cl2O3. The van der Waals surface area contributed by atoms with Gasteiger partial charge in [-0.1, -0.05) is 89.9 Å². The highest BCUT2D eigenvalue weighted by atomic mass is 35.5. The first kappa shape index (κ1) is 18.5. The van der Waals surface area contributed by atoms with Gasteiger partial charge in [0.15, 0.2) is 0 Å². The van der Waals surface area contributed by atoms with Crippen LogP contribution in [0.4, 0.5) is 0 Å². The van der Waals surface area contributed by atoms with Gasteiger partial charge in [0.25, 0.3) is 0 Å². The third kappa shape index (κ3) is 3.75. The highest BCUT2D eigenvalue weighted by Crippen LogP contribution is 2.31. The molecular weight excluding hydrogens is 371 g/mol. The SMILES string of the molecule is O=C(OCc1ccc(Cl)c(Cl)c1)C(O)(c1ccccc1)c1ccccc1. The smallest absolute Gasteiger partial charge is 0.348 e. The molecule has 26 heavy (non-hydrogen) atoms. The van der Waals surface area contributed by atoms with Crippen LogP contribution in [0.25, 0.3) is 0 Å². The minimum Gasteiger partial charge on any atom is -0.458 e. The van der Waals surface area contributed by atoms with E-state index in [-0.39, 0.29) is 6.61 Å². The molecule has 1 N–H and O–H groups in total. The Hall–Kier alpha value is -2.33. The molecule has 0 fully saturated rings. The summed E-state index contributed by atoms with van der Waals surface area (Å²) < 4.78 is 5.41. The maximum absolute atomic E-state index is 12.9. The predicted octanol–water partition coefficient (Wildman–Crippen LogP) is 4.97. The molecule has 3 aromatic carbocycles. The Labute approximate surface area is 161 Å². The van der Waals surface area contributed by atoms with Gasteiger partial charge in [-0.25, -0.2) is 4.79 Å². The number of benzene rings is 3. The number of aliphatic hydroxyl groups is 1. The molecule has 0 bridgehead atoms. The molecule has 0 radical (unpaired) electrons. The average Bonchev–Trinajstić information content (AvgIpc) is 2.69. The molecule has 0 aliphatic rings. The summed E-state index contributed by atoms with van der Waals surface area (Å²) in [5, 5.41) is 12.1. The summed E-state index contributed by atoms with van der Waals surface area (Å²) in [6.45, 7) is -0.0301. The minimum absolute atomic E-state index is 0.0301. The summed E-state index contributed by atoms with van der Waals surface area (Å²) in [6.07, 6.45) is 0. The summed E-state index contributed by atoms with van der Waals surface area (Å²) in [5.41, 5.74) is -0.356. The van der Waals surface area contributed by atoms with Gasteiger partial charge in [-0.2, -0.15) is 0 Å². The van der Waals surface area contributed by atoms with Crippen LogP contribution in [0.5, 0.6) is 0 Å². The van der Waals surface area contributed by atoms with Crippen LogP contribution >= 0.6 is 23.2 Å². The first-order chi connectivity index (χ1) is 12.5. The Kier molecular flexibility index (Phi) is 5.62. The van der Waals surface area contributed by atoms with E-state index >= 15 is 0 Å². The number of rotatable bonds is 5. The molecule has 0 atom stereocenters. The van der Waals surface area contributed by atoms with E-state index in [4.69, 9.17) is 27.9 Å². The number of carbonyl (C=O) groups excluding carboxylic acids is 1. The summed E-state index contributed by atoms with van der Waals surface area (Å²) >= 11 is 11.9. The van der Waals surface area contributed by atoms with Gasteiger partial charge in [0, 0.05) is 0 Å². The Balaban J connectivity index is 1.89. The van der Waals surface area contributed by atoms with Gasteiger partial charge in [0.1, 0.15) is 6.61 Å². The molecule has 0 amide bonds. The number of ether oxygens (including phenoxy) is 1. The Morgan fingerprint density at radius 2 is 1.38 bits per heavy atom. The van der Waals surface area contributed by atoms with Crippen LogP contribution in [0.1, 0.15) is 16.7 Å². The molecule has 3 nitrogen and oxygen atoms in total. The van der Waals surface area contributed by atoms with Gasteiger partial charge in [-0.3, -0.25) is 0 Å². The van der Waals surface area contributed by atoms with Gasteiger partial charge in [0.05, 0.1) is 10.0 Å². The molecule has 0 aliphatic heterocycles. The van der Waals surface area contributed by atoms with Crippen molar-refractivity contribution in [2.45, 2.75) is 12.2 Å². The van der Waals surface area contributed by atoms with E-state index in [1.807, 2.05) is 12.1 Å². The number of hydrogen-bond acceptors (Lipinski definition) is 3. The lowest BCUT2D eigenvalue weighted by molar-refractivity contribution is -0.163. The van der Waals surface area contributed by atoms with Crippen molar-refractivity contribution in [3.8, 4) is 0 Å². The van der Waals surface area contributed by atoms with Crippen molar-refractivity contribution in [3.05, 3.63) is 106 Å². The van der Waals surface area contributed by atoms with Crippen LogP contribution < -0.4 is 0 Å². The molecule has 0 aromatic heterocycles. The van der Waals surface area contributed by atoms with Crippen molar-refractivity contribution < 1.29 is 14.6 Å². The van der Waals surface area contributed by atoms with E-state index in [9.17, 15) is 9.90 Å². The standard InChI is InChI=1S/C21H16Cl2O3/c22-18-12-11-15(13-19(18)23)14-26-20(24)21(25,16-7-3-1-4-8-16)17-9-5-2-6-10-17/h1-13,25H,14H2. The van der Waals surface area contributed by atoms with Crippen molar-refractivity contribution in [3.63, 3.8) is 0 Å². The maximum Gasteiger partial charge on any atom is 0.348 e. The molecule has 5 heteroatoms. The van der Waals surface area contributed by atoms with Crippen molar-refractivity contribution in [1.29, 1.82) is 0 Å². The second kappa shape index (κ2) is 7.92. The first-order valence-corrected chi connectivity index (χ1v) is 8.72. The highest BCUT2D eigenvalue weighted by molar-refractivity contribution is 6.42. The molecule has 0 saturated carbocycles. The average molecular weight is 387 g/mol. The molecule has 3 aromatic rings. The summed E-state index contributed by atoms with van der Waals surface area (Å²) in [4.78, 5) is 12.9. The topological polar surface area (TPSA) is 46.5 Å². The lowest BCUT2D eigenvalue weighted by atomic mass is 9.86. The van der Waals surface area contributed by atoms with Gasteiger partial charge >= 0.3 is 5.97 Å². The van der Waals surface area contributed by atoms with E-state index in [1.54, 1.807) is 66.7 Å². The van der Waals surface area contributed by atoms with Gasteiger partial charge in [-0.15, -0.1) is 0 Å². The highest BCUT2D eigenvalue weighted by Gasteiger charge is 2.41. The molecule has 132 valence electrons. The monoisotopic (exact) mass is 386 g/mol. The fourth-order valence-corrected chi connectivity index (χ4v) is 2.96. The first-order valence-electron chi connectivity index (χ1n) is 7.96. The fraction of sp³-hybridized carbons (Fsp3) is 0.0952. The van der Waals surface area contributed by atoms with Crippen LogP contribution in [0.15, 0.2) is 78.9 Å². The Bertz CT molecular complexity index is 856. The fourth-order valence-electron chi connectivity index (χ4n) is 2.64. The minimum atomic E-state index is -1.90. The largest absolute Gasteiger partial charge is 0.458 e. The molecule has 0 saturated heterocycles. The van der Waals surface area contributed by atoms with Crippen LogP contribution in [-0.4, -0.2) is 11.1 Å². The third-order valence-electron chi connectivity index (χ3n) is 4.03. The van der Waals surface area contributed by atoms with Crippen LogP contribution in [0.3, 0.4) is 0 Å².